The van der Waals surface area contributed by atoms with Crippen molar-refractivity contribution in [2.75, 3.05) is 6.54 Å². The van der Waals surface area contributed by atoms with E-state index in [0.717, 1.165) is 19.6 Å². The van der Waals surface area contributed by atoms with E-state index in [-0.39, 0.29) is 0 Å². The lowest BCUT2D eigenvalue weighted by Gasteiger charge is -2.14. The normalized spacial score (nSPS) is 11.7. The van der Waals surface area contributed by atoms with Crippen molar-refractivity contribution in [3.05, 3.63) is 17.5 Å². The second-order valence-corrected chi connectivity index (χ2v) is 5.46. The molecule has 98 valence electrons. The lowest BCUT2D eigenvalue weighted by atomic mass is 10.1. The third-order valence-corrected chi connectivity index (χ3v) is 2.79. The molecule has 1 aromatic rings. The third-order valence-electron chi connectivity index (χ3n) is 2.79. The van der Waals surface area contributed by atoms with E-state index in [9.17, 15) is 0 Å². The van der Waals surface area contributed by atoms with Gasteiger partial charge in [0, 0.05) is 24.3 Å². The van der Waals surface area contributed by atoms with Crippen molar-refractivity contribution in [2.24, 2.45) is 5.92 Å². The quantitative estimate of drug-likeness (QED) is 0.738. The largest absolute Gasteiger partial charge is 0.313 e. The van der Waals surface area contributed by atoms with E-state index in [1.165, 1.54) is 17.7 Å². The molecule has 1 rings (SSSR count). The second-order valence-electron chi connectivity index (χ2n) is 5.46. The van der Waals surface area contributed by atoms with E-state index >= 15 is 0 Å². The summed E-state index contributed by atoms with van der Waals surface area (Å²) in [5.74, 6) is 1.18. The smallest absolute Gasteiger partial charge is 0.0537 e. The van der Waals surface area contributed by atoms with E-state index in [1.807, 2.05) is 6.20 Å². The van der Waals surface area contributed by atoms with Crippen molar-refractivity contribution in [1.82, 2.24) is 15.1 Å². The minimum atomic E-state index is 0.537. The molecule has 0 saturated carbocycles. The molecule has 0 bridgehead atoms. The highest BCUT2D eigenvalue weighted by Gasteiger charge is 2.14. The summed E-state index contributed by atoms with van der Waals surface area (Å²) in [6, 6.07) is 0. The summed E-state index contributed by atoms with van der Waals surface area (Å²) < 4.78 is 2.18. The average molecular weight is 237 g/mol. The number of hydrogen-bond acceptors (Lipinski definition) is 2. The van der Waals surface area contributed by atoms with Crippen LogP contribution in [0.1, 0.15) is 58.2 Å². The zero-order valence-electron chi connectivity index (χ0n) is 12.0. The maximum Gasteiger partial charge on any atom is 0.0537 e. The molecule has 1 N–H and O–H groups in total. The maximum absolute atomic E-state index is 4.53. The van der Waals surface area contributed by atoms with Crippen LogP contribution < -0.4 is 5.32 Å². The number of nitrogens with one attached hydrogen (secondary N) is 1. The van der Waals surface area contributed by atoms with Crippen LogP contribution in [0.2, 0.25) is 0 Å². The highest BCUT2D eigenvalue weighted by atomic mass is 15.3. The molecule has 17 heavy (non-hydrogen) atoms. The van der Waals surface area contributed by atoms with Gasteiger partial charge in [0.1, 0.15) is 0 Å². The molecule has 1 aromatic heterocycles. The summed E-state index contributed by atoms with van der Waals surface area (Å²) in [5, 5.41) is 7.99. The first-order valence-electron chi connectivity index (χ1n) is 6.81. The fraction of sp³-hybridized carbons (Fsp3) is 0.786. The first kappa shape index (κ1) is 14.2. The van der Waals surface area contributed by atoms with Crippen molar-refractivity contribution in [3.8, 4) is 0 Å². The minimum absolute atomic E-state index is 0.537. The Kier molecular flexibility index (Phi) is 5.69. The van der Waals surface area contributed by atoms with E-state index in [1.54, 1.807) is 0 Å². The number of nitrogens with zero attached hydrogens (tertiary/aromatic N) is 2. The van der Waals surface area contributed by atoms with Crippen LogP contribution in [0.4, 0.5) is 0 Å². The summed E-state index contributed by atoms with van der Waals surface area (Å²) >= 11 is 0. The van der Waals surface area contributed by atoms with Crippen LogP contribution in [-0.4, -0.2) is 16.3 Å². The Morgan fingerprint density at radius 1 is 1.29 bits per heavy atom. The van der Waals surface area contributed by atoms with Crippen molar-refractivity contribution in [1.29, 1.82) is 0 Å². The molecule has 0 amide bonds. The topological polar surface area (TPSA) is 29.9 Å². The van der Waals surface area contributed by atoms with Gasteiger partial charge in [-0.05, 0) is 24.8 Å². The van der Waals surface area contributed by atoms with Gasteiger partial charge in [-0.3, -0.25) is 4.68 Å². The molecular formula is C14H27N3. The van der Waals surface area contributed by atoms with E-state index in [0.29, 0.717) is 11.8 Å². The van der Waals surface area contributed by atoms with Crippen LogP contribution in [0.3, 0.4) is 0 Å². The lowest BCUT2D eigenvalue weighted by Crippen LogP contribution is -2.16. The monoisotopic (exact) mass is 237 g/mol. The zero-order valence-corrected chi connectivity index (χ0v) is 12.0. The summed E-state index contributed by atoms with van der Waals surface area (Å²) in [6.45, 7) is 14.2. The van der Waals surface area contributed by atoms with Gasteiger partial charge in [-0.15, -0.1) is 0 Å². The first-order valence-corrected chi connectivity index (χ1v) is 6.81. The fourth-order valence-corrected chi connectivity index (χ4v) is 2.13. The SMILES string of the molecule is CCCNCc1cnn(CC(C)C)c1C(C)C. The van der Waals surface area contributed by atoms with E-state index < -0.39 is 0 Å². The molecule has 0 aliphatic rings. The van der Waals surface area contributed by atoms with Crippen molar-refractivity contribution < 1.29 is 0 Å². The molecule has 3 nitrogen and oxygen atoms in total. The minimum Gasteiger partial charge on any atom is -0.313 e. The van der Waals surface area contributed by atoms with Crippen LogP contribution in [0.15, 0.2) is 6.20 Å². The van der Waals surface area contributed by atoms with Gasteiger partial charge in [0.2, 0.25) is 0 Å². The number of hydrogen-bond donors (Lipinski definition) is 1. The van der Waals surface area contributed by atoms with Crippen LogP contribution >= 0.6 is 0 Å². The molecule has 0 atom stereocenters. The van der Waals surface area contributed by atoms with Gasteiger partial charge < -0.3 is 5.32 Å². The Labute approximate surface area is 106 Å². The fourth-order valence-electron chi connectivity index (χ4n) is 2.13. The molecule has 0 spiro atoms. The van der Waals surface area contributed by atoms with Gasteiger partial charge in [0.25, 0.3) is 0 Å². The van der Waals surface area contributed by atoms with Gasteiger partial charge in [-0.1, -0.05) is 34.6 Å². The van der Waals surface area contributed by atoms with Gasteiger partial charge in [0.05, 0.1) is 6.20 Å². The van der Waals surface area contributed by atoms with Crippen molar-refractivity contribution in [2.45, 2.75) is 60.0 Å². The van der Waals surface area contributed by atoms with Crippen LogP contribution in [0.5, 0.6) is 0 Å². The Bertz CT molecular complexity index is 326. The van der Waals surface area contributed by atoms with Gasteiger partial charge in [-0.25, -0.2) is 0 Å². The molecule has 0 saturated heterocycles. The van der Waals surface area contributed by atoms with E-state index in [2.05, 4.69) is 49.7 Å². The molecule has 0 aromatic carbocycles. The first-order chi connectivity index (χ1) is 8.06. The molecule has 3 heteroatoms. The summed E-state index contributed by atoms with van der Waals surface area (Å²) in [5.41, 5.74) is 2.75. The molecule has 0 aliphatic heterocycles. The predicted octanol–water partition coefficient (Wildman–Crippen LogP) is 3.16. The Hall–Kier alpha value is -0.830. The highest BCUT2D eigenvalue weighted by Crippen LogP contribution is 2.20. The molecule has 0 aliphatic carbocycles. The molecular weight excluding hydrogens is 210 g/mol. The summed E-state index contributed by atoms with van der Waals surface area (Å²) in [7, 11) is 0. The van der Waals surface area contributed by atoms with Gasteiger partial charge in [-0.2, -0.15) is 5.10 Å². The molecule has 0 unspecified atom stereocenters. The molecule has 0 fully saturated rings. The Balaban J connectivity index is 2.79. The number of aromatic nitrogens is 2. The predicted molar refractivity (Wildman–Crippen MR) is 73.2 cm³/mol. The van der Waals surface area contributed by atoms with Crippen LogP contribution in [0, 0.1) is 5.92 Å². The standard InChI is InChI=1S/C14H27N3/c1-6-7-15-8-13-9-16-17(10-11(2)3)14(13)12(4)5/h9,11-12,15H,6-8,10H2,1-5H3. The van der Waals surface area contributed by atoms with E-state index in [4.69, 9.17) is 0 Å². The summed E-state index contributed by atoms with van der Waals surface area (Å²) in [6.07, 6.45) is 3.21. The Morgan fingerprint density at radius 3 is 2.53 bits per heavy atom. The molecule has 1 heterocycles. The number of rotatable bonds is 7. The van der Waals surface area contributed by atoms with Crippen molar-refractivity contribution >= 4 is 0 Å². The van der Waals surface area contributed by atoms with Gasteiger partial charge in [0.15, 0.2) is 0 Å². The summed E-state index contributed by atoms with van der Waals surface area (Å²) in [4.78, 5) is 0. The maximum atomic E-state index is 4.53. The Morgan fingerprint density at radius 2 is 2.00 bits per heavy atom. The average Bonchev–Trinajstić information content (AvgIpc) is 2.60. The van der Waals surface area contributed by atoms with Crippen LogP contribution in [0.25, 0.3) is 0 Å². The lowest BCUT2D eigenvalue weighted by molar-refractivity contribution is 0.460. The molecule has 0 radical (unpaired) electrons. The zero-order chi connectivity index (χ0) is 12.8. The van der Waals surface area contributed by atoms with Crippen LogP contribution in [-0.2, 0) is 13.1 Å². The highest BCUT2D eigenvalue weighted by molar-refractivity contribution is 5.21. The third kappa shape index (κ3) is 4.15. The van der Waals surface area contributed by atoms with Gasteiger partial charge >= 0.3 is 0 Å². The second kappa shape index (κ2) is 6.80. The van der Waals surface area contributed by atoms with Crippen molar-refractivity contribution in [3.63, 3.8) is 0 Å².